The smallest absolute Gasteiger partial charge is 0.293 e. The number of benzene rings is 3. The van der Waals surface area contributed by atoms with Crippen LogP contribution in [0.25, 0.3) is 6.08 Å². The summed E-state index contributed by atoms with van der Waals surface area (Å²) < 4.78 is 20.2. The van der Waals surface area contributed by atoms with Gasteiger partial charge in [0, 0.05) is 58.8 Å². The van der Waals surface area contributed by atoms with E-state index in [-0.39, 0.29) is 39.2 Å². The molecular formula is C29H26ClFN4O6S. The first-order valence-electron chi connectivity index (χ1n) is 12.9. The van der Waals surface area contributed by atoms with Crippen LogP contribution in [0.15, 0.2) is 65.6 Å². The molecule has 0 spiro atoms. The Labute approximate surface area is 250 Å². The molecule has 13 heteroatoms. The number of halogens is 2. The Morgan fingerprint density at radius 1 is 1.14 bits per heavy atom. The quantitative estimate of drug-likeness (QED) is 0.148. The van der Waals surface area contributed by atoms with Crippen molar-refractivity contribution in [2.24, 2.45) is 0 Å². The van der Waals surface area contributed by atoms with E-state index in [0.29, 0.717) is 30.4 Å². The zero-order valence-corrected chi connectivity index (χ0v) is 24.2. The van der Waals surface area contributed by atoms with Gasteiger partial charge in [-0.25, -0.2) is 4.39 Å². The highest BCUT2D eigenvalue weighted by atomic mass is 35.5. The third kappa shape index (κ3) is 7.07. The van der Waals surface area contributed by atoms with Crippen LogP contribution in [0.2, 0.25) is 5.02 Å². The van der Waals surface area contributed by atoms with E-state index < -0.39 is 34.4 Å². The molecule has 1 saturated heterocycles. The van der Waals surface area contributed by atoms with Gasteiger partial charge in [0.1, 0.15) is 11.6 Å². The first kappa shape index (κ1) is 30.5. The average molecular weight is 613 g/mol. The molecule has 0 atom stereocenters. The fraction of sp³-hybridized carbons (Fsp3) is 0.207. The molecule has 1 fully saturated rings. The van der Waals surface area contributed by atoms with Crippen LogP contribution in [0.1, 0.15) is 25.0 Å². The van der Waals surface area contributed by atoms with Crippen LogP contribution in [0.3, 0.4) is 0 Å². The third-order valence-corrected chi connectivity index (χ3v) is 7.62. The number of hydrogen-bond donors (Lipinski definition) is 1. The van der Waals surface area contributed by atoms with E-state index >= 15 is 0 Å². The number of nitro groups is 1. The molecule has 10 nitrogen and oxygen atoms in total. The zero-order valence-electron chi connectivity index (χ0n) is 22.6. The van der Waals surface area contributed by atoms with Crippen LogP contribution in [0.5, 0.6) is 5.75 Å². The first-order valence-corrected chi connectivity index (χ1v) is 14.0. The molecule has 218 valence electrons. The summed E-state index contributed by atoms with van der Waals surface area (Å²) in [7, 11) is 0. The lowest BCUT2D eigenvalue weighted by Gasteiger charge is -2.22. The highest BCUT2D eigenvalue weighted by Gasteiger charge is 2.36. The number of ether oxygens (including phenoxy) is 1. The van der Waals surface area contributed by atoms with Crippen LogP contribution in [0.4, 0.5) is 26.2 Å². The number of amides is 3. The monoisotopic (exact) mass is 612 g/mol. The fourth-order valence-corrected chi connectivity index (χ4v) is 5.26. The molecule has 1 N–H and O–H groups in total. The Morgan fingerprint density at radius 3 is 2.57 bits per heavy atom. The molecule has 0 unspecified atom stereocenters. The van der Waals surface area contributed by atoms with Crippen molar-refractivity contribution in [3.8, 4) is 5.75 Å². The van der Waals surface area contributed by atoms with Gasteiger partial charge in [0.05, 0.1) is 16.4 Å². The predicted octanol–water partition coefficient (Wildman–Crippen LogP) is 6.49. The largest absolute Gasteiger partial charge is 0.483 e. The van der Waals surface area contributed by atoms with Crippen molar-refractivity contribution >= 4 is 63.6 Å². The Hall–Kier alpha value is -4.42. The van der Waals surface area contributed by atoms with Crippen LogP contribution >= 0.6 is 23.4 Å². The van der Waals surface area contributed by atoms with Gasteiger partial charge in [-0.1, -0.05) is 23.7 Å². The van der Waals surface area contributed by atoms with E-state index in [1.807, 2.05) is 19.9 Å². The summed E-state index contributed by atoms with van der Waals surface area (Å²) in [5.74, 6) is -1.53. The van der Waals surface area contributed by atoms with Crippen molar-refractivity contribution in [1.82, 2.24) is 4.90 Å². The lowest BCUT2D eigenvalue weighted by molar-refractivity contribution is -0.384. The standard InChI is InChI=1S/C29H26ClFN4O6S/c1-3-33(4-2)20-12-11-18(25(15-20)41-17-27(36)32-19-7-5-8-21(14-19)35(39)40)13-26-28(37)34(29(38)42-26)16-22-23(30)9-6-10-24(22)31/h5-15H,3-4,16-17H2,1-2H3,(H,32,36)/b26-13+. The summed E-state index contributed by atoms with van der Waals surface area (Å²) in [6.07, 6.45) is 1.48. The van der Waals surface area contributed by atoms with Crippen molar-refractivity contribution in [3.05, 3.63) is 97.6 Å². The highest BCUT2D eigenvalue weighted by molar-refractivity contribution is 8.18. The SMILES string of the molecule is CCN(CC)c1ccc(/C=C2/SC(=O)N(Cc3c(F)cccc3Cl)C2=O)c(OCC(=O)Nc2cccc([N+](=O)[O-])c2)c1. The van der Waals surface area contributed by atoms with Gasteiger partial charge >= 0.3 is 0 Å². The van der Waals surface area contributed by atoms with Crippen LogP contribution in [-0.2, 0) is 16.1 Å². The second-order valence-corrected chi connectivity index (χ2v) is 10.4. The molecule has 0 bridgehead atoms. The van der Waals surface area contributed by atoms with Gasteiger partial charge in [0.25, 0.3) is 22.7 Å². The summed E-state index contributed by atoms with van der Waals surface area (Å²) in [5.41, 5.74) is 1.34. The molecule has 3 aromatic carbocycles. The molecule has 0 radical (unpaired) electrons. The summed E-state index contributed by atoms with van der Waals surface area (Å²) in [6, 6.07) is 14.9. The number of rotatable bonds is 11. The Kier molecular flexibility index (Phi) is 9.81. The van der Waals surface area contributed by atoms with Crippen LogP contribution in [0, 0.1) is 15.9 Å². The van der Waals surface area contributed by atoms with Crippen molar-refractivity contribution in [3.63, 3.8) is 0 Å². The van der Waals surface area contributed by atoms with Gasteiger partial charge in [-0.05, 0) is 62.0 Å². The molecule has 1 heterocycles. The molecule has 42 heavy (non-hydrogen) atoms. The third-order valence-electron chi connectivity index (χ3n) is 6.36. The van der Waals surface area contributed by atoms with Crippen molar-refractivity contribution in [1.29, 1.82) is 0 Å². The van der Waals surface area contributed by atoms with E-state index in [9.17, 15) is 28.9 Å². The number of thioether (sulfide) groups is 1. The number of carbonyl (C=O) groups excluding carboxylic acids is 3. The second kappa shape index (κ2) is 13.5. The molecular weight excluding hydrogens is 587 g/mol. The maximum Gasteiger partial charge on any atom is 0.293 e. The van der Waals surface area contributed by atoms with Crippen molar-refractivity contribution in [2.75, 3.05) is 29.9 Å². The Bertz CT molecular complexity index is 1560. The Morgan fingerprint density at radius 2 is 1.88 bits per heavy atom. The number of carbonyl (C=O) groups is 3. The fourth-order valence-electron chi connectivity index (χ4n) is 4.21. The number of hydrogen-bond acceptors (Lipinski definition) is 8. The number of nitrogens with zero attached hydrogens (tertiary/aromatic N) is 3. The minimum Gasteiger partial charge on any atom is -0.483 e. The normalized spacial score (nSPS) is 13.9. The number of anilines is 2. The van der Waals surface area contributed by atoms with E-state index in [1.165, 1.54) is 48.5 Å². The van der Waals surface area contributed by atoms with E-state index in [4.69, 9.17) is 16.3 Å². The van der Waals surface area contributed by atoms with Crippen molar-refractivity contribution in [2.45, 2.75) is 20.4 Å². The van der Waals surface area contributed by atoms with Gasteiger partial charge < -0.3 is 15.0 Å². The minimum atomic E-state index is -0.628. The van der Waals surface area contributed by atoms with Crippen LogP contribution in [-0.4, -0.2) is 46.6 Å². The predicted molar refractivity (Wildman–Crippen MR) is 160 cm³/mol. The second-order valence-electron chi connectivity index (χ2n) is 9.01. The summed E-state index contributed by atoms with van der Waals surface area (Å²) in [4.78, 5) is 52.0. The minimum absolute atomic E-state index is 0.0325. The highest BCUT2D eigenvalue weighted by Crippen LogP contribution is 2.37. The number of nitro benzene ring substituents is 1. The first-order chi connectivity index (χ1) is 20.1. The topological polar surface area (TPSA) is 122 Å². The van der Waals surface area contributed by atoms with Crippen LogP contribution < -0.4 is 15.0 Å². The summed E-state index contributed by atoms with van der Waals surface area (Å²) in [6.45, 7) is 4.64. The van der Waals surface area contributed by atoms with Gasteiger partial charge in [0.15, 0.2) is 6.61 Å². The Balaban J connectivity index is 1.57. The lowest BCUT2D eigenvalue weighted by Crippen LogP contribution is -2.28. The number of non-ortho nitro benzene ring substituents is 1. The lowest BCUT2D eigenvalue weighted by atomic mass is 10.1. The molecule has 4 rings (SSSR count). The van der Waals surface area contributed by atoms with Gasteiger partial charge in [-0.15, -0.1) is 0 Å². The van der Waals surface area contributed by atoms with Crippen molar-refractivity contribution < 1.29 is 28.4 Å². The number of imide groups is 1. The van der Waals surface area contributed by atoms with Gasteiger partial charge in [0.2, 0.25) is 0 Å². The van der Waals surface area contributed by atoms with E-state index in [1.54, 1.807) is 12.1 Å². The average Bonchev–Trinajstić information content (AvgIpc) is 3.22. The molecule has 1 aliphatic heterocycles. The molecule has 3 amide bonds. The summed E-state index contributed by atoms with van der Waals surface area (Å²) >= 11 is 6.79. The molecule has 3 aromatic rings. The number of nitrogens with one attached hydrogen (secondary N) is 1. The molecule has 1 aliphatic rings. The molecule has 0 saturated carbocycles. The molecule has 0 aromatic heterocycles. The van der Waals surface area contributed by atoms with Gasteiger partial charge in [-0.3, -0.25) is 29.4 Å². The summed E-state index contributed by atoms with van der Waals surface area (Å²) in [5, 5.41) is 13.1. The maximum absolute atomic E-state index is 14.3. The van der Waals surface area contributed by atoms with E-state index in [2.05, 4.69) is 10.2 Å². The van der Waals surface area contributed by atoms with E-state index in [0.717, 1.165) is 10.6 Å². The van der Waals surface area contributed by atoms with Gasteiger partial charge in [-0.2, -0.15) is 0 Å². The molecule has 0 aliphatic carbocycles. The zero-order chi connectivity index (χ0) is 30.4. The maximum atomic E-state index is 14.3.